The van der Waals surface area contributed by atoms with Crippen LogP contribution in [-0.2, 0) is 11.3 Å². The largest absolute Gasteiger partial charge is 0.337 e. The molecule has 1 aliphatic rings. The lowest BCUT2D eigenvalue weighted by molar-refractivity contribution is -0.929. The van der Waals surface area contributed by atoms with Crippen molar-refractivity contribution in [3.05, 3.63) is 64.9 Å². The lowest BCUT2D eigenvalue weighted by Crippen LogP contribution is -3.14. The van der Waals surface area contributed by atoms with Crippen molar-refractivity contribution in [2.24, 2.45) is 0 Å². The molecule has 0 aliphatic carbocycles. The third-order valence-corrected chi connectivity index (χ3v) is 6.63. The smallest absolute Gasteiger partial charge is 0.277 e. The molecular formula is C22H25FN3OS+. The van der Waals surface area contributed by atoms with Gasteiger partial charge in [0, 0.05) is 20.0 Å². The maximum atomic E-state index is 13.1. The molecule has 1 aromatic heterocycles. The van der Waals surface area contributed by atoms with E-state index in [1.165, 1.54) is 28.2 Å². The molecule has 1 aliphatic heterocycles. The number of aromatic nitrogens is 1. The summed E-state index contributed by atoms with van der Waals surface area (Å²) in [5.41, 5.74) is 1.99. The Balaban J connectivity index is 1.45. The normalized spacial score (nSPS) is 19.6. The van der Waals surface area contributed by atoms with Gasteiger partial charge in [0.1, 0.15) is 11.9 Å². The Morgan fingerprint density at radius 3 is 2.79 bits per heavy atom. The highest BCUT2D eigenvalue weighted by atomic mass is 32.1. The first-order valence-corrected chi connectivity index (χ1v) is 10.6. The minimum Gasteiger partial charge on any atom is -0.337 e. The van der Waals surface area contributed by atoms with Gasteiger partial charge in [0.25, 0.3) is 5.91 Å². The van der Waals surface area contributed by atoms with Crippen LogP contribution in [0.15, 0.2) is 48.5 Å². The summed E-state index contributed by atoms with van der Waals surface area (Å²) >= 11 is 1.75. The van der Waals surface area contributed by atoms with Crippen LogP contribution < -0.4 is 4.90 Å². The van der Waals surface area contributed by atoms with E-state index in [2.05, 4.69) is 12.1 Å². The van der Waals surface area contributed by atoms with Crippen molar-refractivity contribution in [2.75, 3.05) is 20.1 Å². The molecule has 4 rings (SSSR count). The van der Waals surface area contributed by atoms with E-state index >= 15 is 0 Å². The number of para-hydroxylation sites is 1. The molecule has 2 aromatic carbocycles. The van der Waals surface area contributed by atoms with Crippen molar-refractivity contribution in [1.29, 1.82) is 0 Å². The van der Waals surface area contributed by atoms with Gasteiger partial charge in [-0.05, 0) is 42.7 Å². The molecule has 1 unspecified atom stereocenters. The van der Waals surface area contributed by atoms with Gasteiger partial charge in [-0.2, -0.15) is 0 Å². The van der Waals surface area contributed by atoms with Gasteiger partial charge in [0.2, 0.25) is 0 Å². The number of likely N-dealkylation sites (tertiary alicyclic amines) is 1. The van der Waals surface area contributed by atoms with E-state index < -0.39 is 0 Å². The van der Waals surface area contributed by atoms with E-state index in [0.29, 0.717) is 13.1 Å². The number of nitrogens with one attached hydrogen (secondary N) is 1. The lowest BCUT2D eigenvalue weighted by atomic mass is 10.0. The van der Waals surface area contributed by atoms with Gasteiger partial charge in [0.15, 0.2) is 11.6 Å². The Hall–Kier alpha value is -2.31. The molecule has 2 atom stereocenters. The Bertz CT molecular complexity index is 923. The third kappa shape index (κ3) is 4.23. The SMILES string of the molecule is CN(Cc1ccc(F)cc1)C(=O)C[NH+]1CCCC[C@H]1c1nc2ccccc2s1. The summed E-state index contributed by atoms with van der Waals surface area (Å²) < 4.78 is 14.3. The number of halogens is 1. The Kier molecular flexibility index (Phi) is 5.69. The first-order chi connectivity index (χ1) is 13.6. The minimum atomic E-state index is -0.255. The zero-order chi connectivity index (χ0) is 19.5. The van der Waals surface area contributed by atoms with Crippen molar-refractivity contribution >= 4 is 27.5 Å². The fourth-order valence-electron chi connectivity index (χ4n) is 3.91. The highest BCUT2D eigenvalue weighted by Gasteiger charge is 2.32. The second kappa shape index (κ2) is 8.37. The van der Waals surface area contributed by atoms with Crippen molar-refractivity contribution in [2.45, 2.75) is 31.8 Å². The zero-order valence-electron chi connectivity index (χ0n) is 16.0. The van der Waals surface area contributed by atoms with Crippen LogP contribution in [0.4, 0.5) is 4.39 Å². The van der Waals surface area contributed by atoms with Crippen molar-refractivity contribution in [3.63, 3.8) is 0 Å². The molecule has 1 saturated heterocycles. The van der Waals surface area contributed by atoms with E-state index in [-0.39, 0.29) is 17.8 Å². The van der Waals surface area contributed by atoms with Crippen molar-refractivity contribution < 1.29 is 14.1 Å². The predicted molar refractivity (Wildman–Crippen MR) is 110 cm³/mol. The quantitative estimate of drug-likeness (QED) is 0.717. The fraction of sp³-hybridized carbons (Fsp3) is 0.364. The fourth-order valence-corrected chi connectivity index (χ4v) is 5.07. The number of quaternary nitrogens is 1. The van der Waals surface area contributed by atoms with Crippen LogP contribution in [0.1, 0.15) is 35.9 Å². The molecule has 2 heterocycles. The first-order valence-electron chi connectivity index (χ1n) is 9.78. The van der Waals surface area contributed by atoms with E-state index in [1.807, 2.05) is 19.2 Å². The number of hydrogen-bond donors (Lipinski definition) is 1. The molecule has 1 N–H and O–H groups in total. The number of hydrogen-bond acceptors (Lipinski definition) is 3. The first kappa shape index (κ1) is 19.0. The van der Waals surface area contributed by atoms with Crippen LogP contribution in [-0.4, -0.2) is 35.9 Å². The highest BCUT2D eigenvalue weighted by Crippen LogP contribution is 2.28. The Labute approximate surface area is 168 Å². The number of rotatable bonds is 5. The molecule has 28 heavy (non-hydrogen) atoms. The number of nitrogens with zero attached hydrogens (tertiary/aromatic N) is 2. The van der Waals surface area contributed by atoms with Gasteiger partial charge in [-0.3, -0.25) is 4.79 Å². The number of thiazole rings is 1. The summed E-state index contributed by atoms with van der Waals surface area (Å²) in [5, 5.41) is 1.14. The molecule has 1 amide bonds. The summed E-state index contributed by atoms with van der Waals surface area (Å²) in [6.07, 6.45) is 3.40. The van der Waals surface area contributed by atoms with E-state index in [0.717, 1.165) is 35.5 Å². The van der Waals surface area contributed by atoms with Gasteiger partial charge in [-0.15, -0.1) is 11.3 Å². The minimum absolute atomic E-state index is 0.118. The molecule has 3 aromatic rings. The Morgan fingerprint density at radius 1 is 1.21 bits per heavy atom. The molecule has 4 nitrogen and oxygen atoms in total. The van der Waals surface area contributed by atoms with Crippen LogP contribution in [0.3, 0.4) is 0 Å². The van der Waals surface area contributed by atoms with Crippen LogP contribution in [0.5, 0.6) is 0 Å². The number of piperidine rings is 1. The monoisotopic (exact) mass is 398 g/mol. The Morgan fingerprint density at radius 2 is 2.00 bits per heavy atom. The van der Waals surface area contributed by atoms with Crippen LogP contribution >= 0.6 is 11.3 Å². The molecule has 6 heteroatoms. The highest BCUT2D eigenvalue weighted by molar-refractivity contribution is 7.18. The van der Waals surface area contributed by atoms with Gasteiger partial charge < -0.3 is 9.80 Å². The van der Waals surface area contributed by atoms with Crippen LogP contribution in [0, 0.1) is 5.82 Å². The van der Waals surface area contributed by atoms with E-state index in [9.17, 15) is 9.18 Å². The van der Waals surface area contributed by atoms with Gasteiger partial charge >= 0.3 is 0 Å². The maximum Gasteiger partial charge on any atom is 0.277 e. The number of carbonyl (C=O) groups is 1. The second-order valence-corrected chi connectivity index (χ2v) is 8.59. The lowest BCUT2D eigenvalue weighted by Gasteiger charge is -2.32. The number of fused-ring (bicyclic) bond motifs is 1. The maximum absolute atomic E-state index is 13.1. The van der Waals surface area contributed by atoms with Gasteiger partial charge in [-0.25, -0.2) is 9.37 Å². The van der Waals surface area contributed by atoms with Gasteiger partial charge in [0.05, 0.1) is 16.8 Å². The van der Waals surface area contributed by atoms with Crippen LogP contribution in [0.2, 0.25) is 0 Å². The zero-order valence-corrected chi connectivity index (χ0v) is 16.8. The molecule has 0 bridgehead atoms. The second-order valence-electron chi connectivity index (χ2n) is 7.53. The van der Waals surface area contributed by atoms with E-state index in [4.69, 9.17) is 4.98 Å². The summed E-state index contributed by atoms with van der Waals surface area (Å²) in [4.78, 5) is 20.7. The molecule has 0 saturated carbocycles. The standard InChI is InChI=1S/C22H24FN3OS/c1-25(14-16-9-11-17(23)12-10-16)21(27)15-26-13-5-4-7-19(26)22-24-18-6-2-3-8-20(18)28-22/h2-3,6,8-12,19H,4-5,7,13-15H2,1H3/p+1/t19-/m0/s1. The summed E-state index contributed by atoms with van der Waals surface area (Å²) in [6.45, 7) is 1.97. The third-order valence-electron chi connectivity index (χ3n) is 5.48. The van der Waals surface area contributed by atoms with Crippen molar-refractivity contribution in [3.8, 4) is 0 Å². The van der Waals surface area contributed by atoms with Gasteiger partial charge in [-0.1, -0.05) is 24.3 Å². The number of benzene rings is 2. The molecule has 1 fully saturated rings. The summed E-state index contributed by atoms with van der Waals surface area (Å²) in [6, 6.07) is 14.9. The molecule has 146 valence electrons. The number of likely N-dealkylation sites (N-methyl/N-ethyl adjacent to an activating group) is 1. The van der Waals surface area contributed by atoms with E-state index in [1.54, 1.807) is 28.4 Å². The average molecular weight is 399 g/mol. The summed E-state index contributed by atoms with van der Waals surface area (Å²) in [5.74, 6) is -0.137. The summed E-state index contributed by atoms with van der Waals surface area (Å²) in [7, 11) is 1.82. The topological polar surface area (TPSA) is 37.6 Å². The molecular weight excluding hydrogens is 373 g/mol. The number of carbonyl (C=O) groups excluding carboxylic acids is 1. The molecule has 0 radical (unpaired) electrons. The predicted octanol–water partition coefficient (Wildman–Crippen LogP) is 3.20. The average Bonchev–Trinajstić information content (AvgIpc) is 3.14. The molecule has 0 spiro atoms. The van der Waals surface area contributed by atoms with Crippen LogP contribution in [0.25, 0.3) is 10.2 Å². The number of amides is 1. The van der Waals surface area contributed by atoms with Crippen molar-refractivity contribution in [1.82, 2.24) is 9.88 Å².